The zero-order chi connectivity index (χ0) is 19.5. The standard InChI is InChI=1S/C15H18ClN5O4S/c1-8(2)13(14(22)23)21-26(24,25)10-3-4-11-9(5-10)6-18-7-12(11)19-15(17)20-16/h3-8,13,21H,1-2H3,(H,22,23)(H3,17,19,20)/t13-/m1/s1. The predicted molar refractivity (Wildman–Crippen MR) is 99.4 cm³/mol. The van der Waals surface area contributed by atoms with Crippen LogP contribution in [0.5, 0.6) is 0 Å². The van der Waals surface area contributed by atoms with Crippen molar-refractivity contribution in [1.29, 1.82) is 0 Å². The molecule has 1 atom stereocenters. The molecule has 2 rings (SSSR count). The number of aromatic nitrogens is 1. The van der Waals surface area contributed by atoms with E-state index in [2.05, 4.69) is 19.5 Å². The molecule has 26 heavy (non-hydrogen) atoms. The van der Waals surface area contributed by atoms with E-state index >= 15 is 0 Å². The predicted octanol–water partition coefficient (Wildman–Crippen LogP) is 1.50. The molecule has 0 fully saturated rings. The summed E-state index contributed by atoms with van der Waals surface area (Å²) in [6, 6.07) is 3.08. The molecule has 1 aromatic carbocycles. The Morgan fingerprint density at radius 3 is 2.62 bits per heavy atom. The topological polar surface area (TPSA) is 147 Å². The number of sulfonamides is 1. The number of nitrogens with zero attached hydrogens (tertiary/aromatic N) is 2. The highest BCUT2D eigenvalue weighted by Crippen LogP contribution is 2.25. The average Bonchev–Trinajstić information content (AvgIpc) is 2.58. The van der Waals surface area contributed by atoms with Crippen molar-refractivity contribution < 1.29 is 18.3 Å². The fraction of sp³-hybridized carbons (Fsp3) is 0.267. The Balaban J connectivity index is 2.43. The number of benzene rings is 1. The average molecular weight is 400 g/mol. The summed E-state index contributed by atoms with van der Waals surface area (Å²) in [6.07, 6.45) is 2.97. The van der Waals surface area contributed by atoms with Crippen molar-refractivity contribution in [3.05, 3.63) is 30.6 Å². The summed E-state index contributed by atoms with van der Waals surface area (Å²) in [5.41, 5.74) is 6.02. The van der Waals surface area contributed by atoms with Gasteiger partial charge in [-0.1, -0.05) is 19.9 Å². The lowest BCUT2D eigenvalue weighted by Gasteiger charge is -2.18. The van der Waals surface area contributed by atoms with E-state index in [1.54, 1.807) is 19.9 Å². The normalized spacial score (nSPS) is 13.8. The fourth-order valence-electron chi connectivity index (χ4n) is 2.29. The quantitative estimate of drug-likeness (QED) is 0.425. The van der Waals surface area contributed by atoms with Gasteiger partial charge in [0.15, 0.2) is 0 Å². The Hall–Kier alpha value is -2.43. The van der Waals surface area contributed by atoms with Crippen molar-refractivity contribution in [2.45, 2.75) is 24.8 Å². The van der Waals surface area contributed by atoms with Gasteiger partial charge in [-0.05, 0) is 18.1 Å². The maximum absolute atomic E-state index is 12.5. The van der Waals surface area contributed by atoms with Crippen LogP contribution in [-0.2, 0) is 14.8 Å². The van der Waals surface area contributed by atoms with E-state index in [1.807, 2.05) is 0 Å². The molecule has 11 heteroatoms. The summed E-state index contributed by atoms with van der Waals surface area (Å²) in [6.45, 7) is 3.23. The second-order valence-electron chi connectivity index (χ2n) is 5.85. The van der Waals surface area contributed by atoms with Crippen molar-refractivity contribution in [2.24, 2.45) is 16.2 Å². The van der Waals surface area contributed by atoms with Gasteiger partial charge in [-0.15, -0.1) is 4.51 Å². The number of fused-ring (bicyclic) bond motifs is 1. The highest BCUT2D eigenvalue weighted by molar-refractivity contribution is 7.89. The van der Waals surface area contributed by atoms with Crippen LogP contribution in [0.25, 0.3) is 10.8 Å². The highest BCUT2D eigenvalue weighted by Gasteiger charge is 2.28. The van der Waals surface area contributed by atoms with Crippen molar-refractivity contribution in [1.82, 2.24) is 9.71 Å². The van der Waals surface area contributed by atoms with Crippen molar-refractivity contribution in [3.8, 4) is 0 Å². The molecule has 0 unspecified atom stereocenters. The first-order valence-electron chi connectivity index (χ1n) is 7.50. The van der Waals surface area contributed by atoms with Gasteiger partial charge in [0, 0.05) is 28.7 Å². The molecule has 0 amide bonds. The van der Waals surface area contributed by atoms with Gasteiger partial charge in [0.1, 0.15) is 6.04 Å². The molecule has 0 radical (unpaired) electrons. The Morgan fingerprint density at radius 1 is 1.35 bits per heavy atom. The number of anilines is 1. The number of hydrogen-bond donors (Lipinski definition) is 4. The van der Waals surface area contributed by atoms with Crippen LogP contribution in [0.4, 0.5) is 5.69 Å². The van der Waals surface area contributed by atoms with Crippen LogP contribution in [0, 0.1) is 5.92 Å². The van der Waals surface area contributed by atoms with Gasteiger partial charge < -0.3 is 16.2 Å². The maximum Gasteiger partial charge on any atom is 0.322 e. The minimum Gasteiger partial charge on any atom is -0.480 e. The maximum atomic E-state index is 12.5. The first kappa shape index (κ1) is 19.9. The second kappa shape index (κ2) is 7.85. The lowest BCUT2D eigenvalue weighted by atomic mass is 10.1. The Labute approximate surface area is 155 Å². The molecule has 140 valence electrons. The van der Waals surface area contributed by atoms with E-state index in [0.29, 0.717) is 16.5 Å². The van der Waals surface area contributed by atoms with Gasteiger partial charge in [0.2, 0.25) is 16.0 Å². The first-order valence-corrected chi connectivity index (χ1v) is 9.32. The van der Waals surface area contributed by atoms with Gasteiger partial charge in [0.05, 0.1) is 16.8 Å². The zero-order valence-corrected chi connectivity index (χ0v) is 15.5. The van der Waals surface area contributed by atoms with E-state index in [9.17, 15) is 18.3 Å². The van der Waals surface area contributed by atoms with E-state index in [0.717, 1.165) is 0 Å². The Kier molecular flexibility index (Phi) is 6.01. The molecule has 0 aliphatic rings. The lowest BCUT2D eigenvalue weighted by molar-refractivity contribution is -0.140. The number of pyridine rings is 1. The number of carboxylic acids is 1. The van der Waals surface area contributed by atoms with Crippen LogP contribution < -0.4 is 15.8 Å². The number of nitrogens with one attached hydrogen (secondary N) is 2. The van der Waals surface area contributed by atoms with Crippen LogP contribution in [0.1, 0.15) is 13.8 Å². The molecule has 1 heterocycles. The third kappa shape index (κ3) is 4.40. The molecular weight excluding hydrogens is 382 g/mol. The largest absolute Gasteiger partial charge is 0.480 e. The Morgan fingerprint density at radius 2 is 2.04 bits per heavy atom. The molecule has 0 aliphatic carbocycles. The molecule has 0 saturated heterocycles. The van der Waals surface area contributed by atoms with Gasteiger partial charge in [-0.25, -0.2) is 8.42 Å². The molecule has 1 aromatic heterocycles. The van der Waals surface area contributed by atoms with E-state index in [4.69, 9.17) is 17.5 Å². The third-order valence-corrected chi connectivity index (χ3v) is 5.23. The minimum absolute atomic E-state index is 0.0411. The van der Waals surface area contributed by atoms with Gasteiger partial charge >= 0.3 is 5.97 Å². The lowest BCUT2D eigenvalue weighted by Crippen LogP contribution is -2.44. The molecule has 0 spiro atoms. The number of carbonyl (C=O) groups is 1. The van der Waals surface area contributed by atoms with Crippen LogP contribution in [0.2, 0.25) is 0 Å². The number of nitrogens with two attached hydrogens (primary N) is 1. The second-order valence-corrected chi connectivity index (χ2v) is 7.73. The number of carboxylic acid groups (broad SMARTS) is 1. The minimum atomic E-state index is -4.03. The molecule has 0 bridgehead atoms. The number of aliphatic carboxylic acids is 1. The molecule has 9 nitrogen and oxygen atoms in total. The first-order chi connectivity index (χ1) is 12.2. The van der Waals surface area contributed by atoms with Crippen molar-refractivity contribution in [2.75, 3.05) is 5.32 Å². The number of rotatable bonds is 6. The zero-order valence-electron chi connectivity index (χ0n) is 14.0. The van der Waals surface area contributed by atoms with E-state index in [1.165, 1.54) is 24.5 Å². The number of hydrogen-bond acceptors (Lipinski definition) is 5. The van der Waals surface area contributed by atoms with Gasteiger partial charge in [-0.2, -0.15) is 4.72 Å². The molecule has 2 aromatic rings. The number of halogens is 1. The van der Waals surface area contributed by atoms with Crippen molar-refractivity contribution in [3.63, 3.8) is 0 Å². The molecular formula is C15H18ClN5O4S. The summed E-state index contributed by atoms with van der Waals surface area (Å²) in [4.78, 5) is 15.2. The monoisotopic (exact) mass is 399 g/mol. The SMILES string of the molecule is CC(C)[C@@H](NS(=O)(=O)c1ccc2c(NC(N)=NCl)cncc2c1)C(=O)O. The van der Waals surface area contributed by atoms with E-state index < -0.39 is 28.0 Å². The summed E-state index contributed by atoms with van der Waals surface area (Å²) < 4.78 is 30.6. The number of guanidine groups is 1. The van der Waals surface area contributed by atoms with Gasteiger partial charge in [-0.3, -0.25) is 9.78 Å². The van der Waals surface area contributed by atoms with Crippen LogP contribution >= 0.6 is 11.8 Å². The highest BCUT2D eigenvalue weighted by atomic mass is 35.5. The summed E-state index contributed by atoms with van der Waals surface area (Å²) in [5, 5.41) is 13.1. The smallest absolute Gasteiger partial charge is 0.322 e. The third-order valence-electron chi connectivity index (χ3n) is 3.61. The van der Waals surface area contributed by atoms with Crippen LogP contribution in [0.15, 0.2) is 40.0 Å². The molecule has 0 aliphatic heterocycles. The van der Waals surface area contributed by atoms with E-state index in [-0.39, 0.29) is 10.9 Å². The summed E-state index contributed by atoms with van der Waals surface area (Å²) in [7, 11) is -4.03. The molecule has 5 N–H and O–H groups in total. The molecule has 0 saturated carbocycles. The van der Waals surface area contributed by atoms with Crippen molar-refractivity contribution >= 4 is 50.2 Å². The fourth-order valence-corrected chi connectivity index (χ4v) is 3.70. The summed E-state index contributed by atoms with van der Waals surface area (Å²) in [5.74, 6) is -1.70. The van der Waals surface area contributed by atoms with Crippen LogP contribution in [0.3, 0.4) is 0 Å². The van der Waals surface area contributed by atoms with Crippen LogP contribution in [-0.4, -0.2) is 36.5 Å². The summed E-state index contributed by atoms with van der Waals surface area (Å²) >= 11 is 5.28. The van der Waals surface area contributed by atoms with Gasteiger partial charge in [0.25, 0.3) is 0 Å². The Bertz CT molecular complexity index is 962.